The van der Waals surface area contributed by atoms with E-state index in [0.717, 1.165) is 32.6 Å². The third-order valence-electron chi connectivity index (χ3n) is 3.08. The highest BCUT2D eigenvalue weighted by atomic mass is 16.5. The summed E-state index contributed by atoms with van der Waals surface area (Å²) >= 11 is 0. The molecular formula is C13H20N2O. The van der Waals surface area contributed by atoms with Gasteiger partial charge >= 0.3 is 0 Å². The summed E-state index contributed by atoms with van der Waals surface area (Å²) in [5, 5.41) is 3.51. The van der Waals surface area contributed by atoms with Gasteiger partial charge in [-0.1, -0.05) is 30.3 Å². The van der Waals surface area contributed by atoms with Gasteiger partial charge in [-0.15, -0.1) is 0 Å². The molecule has 3 heteroatoms. The predicted molar refractivity (Wildman–Crippen MR) is 65.2 cm³/mol. The van der Waals surface area contributed by atoms with Crippen LogP contribution >= 0.6 is 0 Å². The van der Waals surface area contributed by atoms with Crippen molar-refractivity contribution >= 4 is 0 Å². The molecule has 0 bridgehead atoms. The molecule has 3 N–H and O–H groups in total. The van der Waals surface area contributed by atoms with Gasteiger partial charge < -0.3 is 15.8 Å². The summed E-state index contributed by atoms with van der Waals surface area (Å²) in [4.78, 5) is 0. The number of nitrogens with two attached hydrogens (primary N) is 1. The lowest BCUT2D eigenvalue weighted by atomic mass is 10.1. The second-order valence-corrected chi connectivity index (χ2v) is 4.31. The third-order valence-corrected chi connectivity index (χ3v) is 3.08. The molecule has 0 radical (unpaired) electrons. The first kappa shape index (κ1) is 11.6. The van der Waals surface area contributed by atoms with Gasteiger partial charge in [-0.2, -0.15) is 0 Å². The van der Waals surface area contributed by atoms with Crippen LogP contribution in [-0.4, -0.2) is 25.8 Å². The lowest BCUT2D eigenvalue weighted by molar-refractivity contribution is 0.0777. The fraction of sp³-hybridized carbons (Fsp3) is 0.538. The summed E-state index contributed by atoms with van der Waals surface area (Å²) in [5.41, 5.74) is 7.31. The first-order chi connectivity index (χ1) is 7.86. The maximum atomic E-state index is 6.12. The molecule has 0 saturated carbocycles. The monoisotopic (exact) mass is 220 g/mol. The first-order valence-corrected chi connectivity index (χ1v) is 5.98. The van der Waals surface area contributed by atoms with Gasteiger partial charge in [0.05, 0.1) is 0 Å². The summed E-state index contributed by atoms with van der Waals surface area (Å²) < 4.78 is 5.32. The average molecular weight is 220 g/mol. The molecule has 1 aliphatic rings. The Labute approximate surface area is 97.0 Å². The van der Waals surface area contributed by atoms with Gasteiger partial charge in [0.1, 0.15) is 0 Å². The predicted octanol–water partition coefficient (Wildman–Crippen LogP) is 1.45. The number of hydrogen-bond acceptors (Lipinski definition) is 3. The van der Waals surface area contributed by atoms with E-state index in [0.29, 0.717) is 6.04 Å². The maximum Gasteiger partial charge on any atom is 0.0480 e. The average Bonchev–Trinajstić information content (AvgIpc) is 2.38. The molecule has 3 nitrogen and oxygen atoms in total. The molecule has 1 aliphatic heterocycles. The van der Waals surface area contributed by atoms with E-state index in [2.05, 4.69) is 17.4 Å². The number of rotatable bonds is 4. The van der Waals surface area contributed by atoms with Crippen LogP contribution in [0, 0.1) is 0 Å². The van der Waals surface area contributed by atoms with Crippen LogP contribution in [0.5, 0.6) is 0 Å². The van der Waals surface area contributed by atoms with Crippen LogP contribution in [0.15, 0.2) is 30.3 Å². The van der Waals surface area contributed by atoms with Gasteiger partial charge in [-0.3, -0.25) is 0 Å². The van der Waals surface area contributed by atoms with Crippen molar-refractivity contribution in [1.29, 1.82) is 0 Å². The van der Waals surface area contributed by atoms with Crippen LogP contribution in [0.2, 0.25) is 0 Å². The molecule has 1 atom stereocenters. The minimum Gasteiger partial charge on any atom is -0.381 e. The highest BCUT2D eigenvalue weighted by molar-refractivity contribution is 5.18. The summed E-state index contributed by atoms with van der Waals surface area (Å²) in [5.74, 6) is 0. The molecule has 16 heavy (non-hydrogen) atoms. The Morgan fingerprint density at radius 1 is 1.25 bits per heavy atom. The number of nitrogens with one attached hydrogen (secondary N) is 1. The fourth-order valence-corrected chi connectivity index (χ4v) is 2.01. The topological polar surface area (TPSA) is 47.3 Å². The van der Waals surface area contributed by atoms with E-state index in [1.807, 2.05) is 18.2 Å². The van der Waals surface area contributed by atoms with E-state index in [4.69, 9.17) is 10.5 Å². The van der Waals surface area contributed by atoms with Crippen molar-refractivity contribution in [2.45, 2.75) is 24.9 Å². The van der Waals surface area contributed by atoms with E-state index in [-0.39, 0.29) is 6.04 Å². The number of hydrogen-bond donors (Lipinski definition) is 2. The molecule has 0 amide bonds. The summed E-state index contributed by atoms with van der Waals surface area (Å²) in [7, 11) is 0. The van der Waals surface area contributed by atoms with Crippen LogP contribution in [0.25, 0.3) is 0 Å². The number of benzene rings is 1. The van der Waals surface area contributed by atoms with E-state index in [1.54, 1.807) is 0 Å². The molecule has 0 aliphatic carbocycles. The van der Waals surface area contributed by atoms with Gasteiger partial charge in [0.15, 0.2) is 0 Å². The van der Waals surface area contributed by atoms with Crippen molar-refractivity contribution in [2.75, 3.05) is 19.8 Å². The highest BCUT2D eigenvalue weighted by Crippen LogP contribution is 2.10. The zero-order valence-corrected chi connectivity index (χ0v) is 9.56. The van der Waals surface area contributed by atoms with Crippen molar-refractivity contribution in [2.24, 2.45) is 5.73 Å². The second-order valence-electron chi connectivity index (χ2n) is 4.31. The summed E-state index contributed by atoms with van der Waals surface area (Å²) in [6, 6.07) is 10.9. The Bertz CT molecular complexity index is 296. The Morgan fingerprint density at radius 3 is 2.62 bits per heavy atom. The Morgan fingerprint density at radius 2 is 1.94 bits per heavy atom. The zero-order valence-electron chi connectivity index (χ0n) is 9.56. The summed E-state index contributed by atoms with van der Waals surface area (Å²) in [6.45, 7) is 2.59. The smallest absolute Gasteiger partial charge is 0.0480 e. The molecule has 0 unspecified atom stereocenters. The molecule has 0 spiro atoms. The Balaban J connectivity index is 1.77. The van der Waals surface area contributed by atoms with E-state index < -0.39 is 0 Å². The zero-order chi connectivity index (χ0) is 11.2. The van der Waals surface area contributed by atoms with Crippen LogP contribution in [0.3, 0.4) is 0 Å². The first-order valence-electron chi connectivity index (χ1n) is 5.98. The maximum absolute atomic E-state index is 6.12. The summed E-state index contributed by atoms with van der Waals surface area (Å²) in [6.07, 6.45) is 2.20. The third kappa shape index (κ3) is 3.30. The lowest BCUT2D eigenvalue weighted by Crippen LogP contribution is -2.38. The molecule has 1 heterocycles. The molecule has 1 aromatic carbocycles. The molecule has 1 aromatic rings. The molecule has 0 aromatic heterocycles. The van der Waals surface area contributed by atoms with Crippen LogP contribution < -0.4 is 11.1 Å². The van der Waals surface area contributed by atoms with Crippen molar-refractivity contribution in [1.82, 2.24) is 5.32 Å². The largest absolute Gasteiger partial charge is 0.381 e. The minimum absolute atomic E-state index is 0.0871. The van der Waals surface area contributed by atoms with Crippen molar-refractivity contribution in [3.63, 3.8) is 0 Å². The van der Waals surface area contributed by atoms with Crippen LogP contribution in [-0.2, 0) is 4.74 Å². The van der Waals surface area contributed by atoms with Crippen LogP contribution in [0.4, 0.5) is 0 Å². The van der Waals surface area contributed by atoms with Gasteiger partial charge in [0, 0.05) is 31.8 Å². The molecule has 88 valence electrons. The minimum atomic E-state index is 0.0871. The van der Waals surface area contributed by atoms with Gasteiger partial charge in [-0.25, -0.2) is 0 Å². The lowest BCUT2D eigenvalue weighted by Gasteiger charge is -2.24. The van der Waals surface area contributed by atoms with E-state index >= 15 is 0 Å². The molecular weight excluding hydrogens is 200 g/mol. The SMILES string of the molecule is N[C@@H](CNC1CCOCC1)c1ccccc1. The van der Waals surface area contributed by atoms with Gasteiger partial charge in [-0.05, 0) is 18.4 Å². The number of ether oxygens (including phenoxy) is 1. The Kier molecular flexibility index (Phi) is 4.34. The van der Waals surface area contributed by atoms with Crippen LogP contribution in [0.1, 0.15) is 24.4 Å². The van der Waals surface area contributed by atoms with Crippen molar-refractivity contribution < 1.29 is 4.74 Å². The van der Waals surface area contributed by atoms with Crippen molar-refractivity contribution in [3.05, 3.63) is 35.9 Å². The molecule has 1 saturated heterocycles. The second kappa shape index (κ2) is 5.99. The Hall–Kier alpha value is -0.900. The quantitative estimate of drug-likeness (QED) is 0.807. The van der Waals surface area contributed by atoms with E-state index in [1.165, 1.54) is 5.56 Å². The fourth-order valence-electron chi connectivity index (χ4n) is 2.01. The highest BCUT2D eigenvalue weighted by Gasteiger charge is 2.14. The normalized spacial score (nSPS) is 19.6. The van der Waals surface area contributed by atoms with E-state index in [9.17, 15) is 0 Å². The van der Waals surface area contributed by atoms with Crippen molar-refractivity contribution in [3.8, 4) is 0 Å². The van der Waals surface area contributed by atoms with Gasteiger partial charge in [0.25, 0.3) is 0 Å². The molecule has 1 fully saturated rings. The van der Waals surface area contributed by atoms with Gasteiger partial charge in [0.2, 0.25) is 0 Å². The molecule has 2 rings (SSSR count). The standard InChI is InChI=1S/C13H20N2O/c14-13(11-4-2-1-3-5-11)10-15-12-6-8-16-9-7-12/h1-5,12-13,15H,6-10,14H2/t13-/m0/s1.